The minimum atomic E-state index is -0.502. The Morgan fingerprint density at radius 2 is 2.11 bits per heavy atom. The minimum Gasteiger partial charge on any atom is -0.465 e. The van der Waals surface area contributed by atoms with Crippen LogP contribution in [-0.2, 0) is 14.3 Å². The summed E-state index contributed by atoms with van der Waals surface area (Å²) in [6, 6.07) is 0.125. The number of hydrogen-bond donors (Lipinski definition) is 0. The maximum atomic E-state index is 12.0. The molecular formula is C15H25NO3. The zero-order valence-corrected chi connectivity index (χ0v) is 11.9. The largest absolute Gasteiger partial charge is 0.465 e. The fourth-order valence-corrected chi connectivity index (χ4v) is 3.20. The summed E-state index contributed by atoms with van der Waals surface area (Å²) in [6.07, 6.45) is 7.74. The lowest BCUT2D eigenvalue weighted by Gasteiger charge is -2.17. The first kappa shape index (κ1) is 14.5. The number of carbonyl (C=O) groups is 2. The van der Waals surface area contributed by atoms with E-state index in [1.165, 1.54) is 19.3 Å². The fraction of sp³-hybridized carbons (Fsp3) is 0.867. The molecule has 0 aliphatic carbocycles. The Balaban J connectivity index is 1.69. The molecule has 108 valence electrons. The molecule has 2 fully saturated rings. The SMILES string of the molecule is CCCCCCCOC(=O)C1C(=O)CN2CCC[C@H]12. The van der Waals surface area contributed by atoms with Crippen LogP contribution in [0.4, 0.5) is 0 Å². The number of unbranched alkanes of at least 4 members (excludes halogenated alkanes) is 4. The predicted molar refractivity (Wildman–Crippen MR) is 72.8 cm³/mol. The summed E-state index contributed by atoms with van der Waals surface area (Å²) in [5.74, 6) is -0.728. The Hall–Kier alpha value is -0.900. The first-order chi connectivity index (χ1) is 9.24. The molecule has 2 rings (SSSR count). The van der Waals surface area contributed by atoms with Crippen LogP contribution in [0.3, 0.4) is 0 Å². The molecule has 0 amide bonds. The van der Waals surface area contributed by atoms with Gasteiger partial charge in [0.05, 0.1) is 13.2 Å². The van der Waals surface area contributed by atoms with Gasteiger partial charge in [0, 0.05) is 6.04 Å². The van der Waals surface area contributed by atoms with Crippen molar-refractivity contribution >= 4 is 11.8 Å². The van der Waals surface area contributed by atoms with E-state index in [4.69, 9.17) is 4.74 Å². The zero-order valence-electron chi connectivity index (χ0n) is 11.9. The summed E-state index contributed by atoms with van der Waals surface area (Å²) < 4.78 is 5.30. The zero-order chi connectivity index (χ0) is 13.7. The van der Waals surface area contributed by atoms with Gasteiger partial charge in [-0.25, -0.2) is 0 Å². The smallest absolute Gasteiger partial charge is 0.318 e. The lowest BCUT2D eigenvalue weighted by Crippen LogP contribution is -2.33. The second kappa shape index (κ2) is 7.04. The molecule has 0 aromatic rings. The number of esters is 1. The van der Waals surface area contributed by atoms with Crippen LogP contribution < -0.4 is 0 Å². The van der Waals surface area contributed by atoms with E-state index in [0.29, 0.717) is 13.2 Å². The van der Waals surface area contributed by atoms with Gasteiger partial charge in [-0.15, -0.1) is 0 Å². The van der Waals surface area contributed by atoms with Crippen molar-refractivity contribution in [1.29, 1.82) is 0 Å². The van der Waals surface area contributed by atoms with Crippen molar-refractivity contribution in [2.45, 2.75) is 57.9 Å². The molecule has 0 bridgehead atoms. The van der Waals surface area contributed by atoms with E-state index in [1.54, 1.807) is 0 Å². The number of fused-ring (bicyclic) bond motifs is 1. The molecule has 19 heavy (non-hydrogen) atoms. The predicted octanol–water partition coefficient (Wildman–Crippen LogP) is 2.16. The Morgan fingerprint density at radius 3 is 2.89 bits per heavy atom. The minimum absolute atomic E-state index is 0.0562. The molecule has 2 saturated heterocycles. The van der Waals surface area contributed by atoms with Gasteiger partial charge in [-0.1, -0.05) is 32.6 Å². The highest BCUT2D eigenvalue weighted by Crippen LogP contribution is 2.31. The molecule has 0 saturated carbocycles. The summed E-state index contributed by atoms with van der Waals surface area (Å²) in [6.45, 7) is 4.05. The van der Waals surface area contributed by atoms with Gasteiger partial charge in [0.2, 0.25) is 0 Å². The standard InChI is InChI=1S/C15H25NO3/c1-2-3-4-5-6-10-19-15(18)14-12-8-7-9-16(12)11-13(14)17/h12,14H,2-11H2,1H3/t12-,14?/m1/s1. The molecule has 2 heterocycles. The summed E-state index contributed by atoms with van der Waals surface area (Å²) >= 11 is 0. The van der Waals surface area contributed by atoms with Crippen LogP contribution in [-0.4, -0.2) is 42.4 Å². The molecule has 0 radical (unpaired) electrons. The third-order valence-corrected chi connectivity index (χ3v) is 4.25. The first-order valence-electron chi connectivity index (χ1n) is 7.67. The van der Waals surface area contributed by atoms with Gasteiger partial charge < -0.3 is 4.74 Å². The summed E-state index contributed by atoms with van der Waals surface area (Å²) in [5, 5.41) is 0. The van der Waals surface area contributed by atoms with Gasteiger partial charge in [0.1, 0.15) is 5.92 Å². The lowest BCUT2D eigenvalue weighted by molar-refractivity contribution is -0.151. The molecule has 0 aromatic carbocycles. The van der Waals surface area contributed by atoms with Gasteiger partial charge in [-0.05, 0) is 25.8 Å². The number of Topliss-reactive ketones (excluding diaryl/α,β-unsaturated/α-hetero) is 1. The van der Waals surface area contributed by atoms with Crippen molar-refractivity contribution < 1.29 is 14.3 Å². The molecule has 0 aromatic heterocycles. The number of carbonyl (C=O) groups excluding carboxylic acids is 2. The second-order valence-corrected chi connectivity index (χ2v) is 5.71. The quantitative estimate of drug-likeness (QED) is 0.403. The van der Waals surface area contributed by atoms with Crippen LogP contribution in [0.25, 0.3) is 0 Å². The Bertz CT molecular complexity index is 329. The highest BCUT2D eigenvalue weighted by Gasteiger charge is 2.47. The third kappa shape index (κ3) is 3.56. The number of hydrogen-bond acceptors (Lipinski definition) is 4. The van der Waals surface area contributed by atoms with E-state index >= 15 is 0 Å². The molecule has 2 aliphatic heterocycles. The van der Waals surface area contributed by atoms with E-state index in [9.17, 15) is 9.59 Å². The van der Waals surface area contributed by atoms with Crippen molar-refractivity contribution in [1.82, 2.24) is 4.90 Å². The Morgan fingerprint density at radius 1 is 1.32 bits per heavy atom. The average molecular weight is 267 g/mol. The van der Waals surface area contributed by atoms with Crippen molar-refractivity contribution in [2.24, 2.45) is 5.92 Å². The molecule has 0 spiro atoms. The van der Waals surface area contributed by atoms with Crippen LogP contribution in [0.5, 0.6) is 0 Å². The normalized spacial score (nSPS) is 26.7. The first-order valence-corrected chi connectivity index (χ1v) is 7.67. The molecule has 4 nitrogen and oxygen atoms in total. The second-order valence-electron chi connectivity index (χ2n) is 5.71. The molecule has 2 aliphatic rings. The van der Waals surface area contributed by atoms with Crippen LogP contribution in [0.2, 0.25) is 0 Å². The van der Waals surface area contributed by atoms with Crippen LogP contribution in [0.15, 0.2) is 0 Å². The van der Waals surface area contributed by atoms with E-state index in [-0.39, 0.29) is 17.8 Å². The molecule has 0 N–H and O–H groups in total. The molecule has 1 unspecified atom stereocenters. The average Bonchev–Trinajstić information content (AvgIpc) is 2.92. The molecular weight excluding hydrogens is 242 g/mol. The van der Waals surface area contributed by atoms with Crippen molar-refractivity contribution in [2.75, 3.05) is 19.7 Å². The topological polar surface area (TPSA) is 46.6 Å². The van der Waals surface area contributed by atoms with E-state index < -0.39 is 5.92 Å². The molecule has 4 heteroatoms. The van der Waals surface area contributed by atoms with Crippen molar-refractivity contribution in [3.05, 3.63) is 0 Å². The summed E-state index contributed by atoms with van der Waals surface area (Å²) in [5.41, 5.74) is 0. The highest BCUT2D eigenvalue weighted by molar-refractivity contribution is 6.02. The maximum absolute atomic E-state index is 12.0. The maximum Gasteiger partial charge on any atom is 0.318 e. The summed E-state index contributed by atoms with van der Waals surface area (Å²) in [4.78, 5) is 26.0. The monoisotopic (exact) mass is 267 g/mol. The third-order valence-electron chi connectivity index (χ3n) is 4.25. The molecule has 2 atom stereocenters. The summed E-state index contributed by atoms with van der Waals surface area (Å²) in [7, 11) is 0. The number of nitrogens with zero attached hydrogens (tertiary/aromatic N) is 1. The van der Waals surface area contributed by atoms with E-state index in [1.807, 2.05) is 0 Å². The van der Waals surface area contributed by atoms with Gasteiger partial charge in [0.25, 0.3) is 0 Å². The van der Waals surface area contributed by atoms with E-state index in [0.717, 1.165) is 32.2 Å². The van der Waals surface area contributed by atoms with Gasteiger partial charge in [-0.2, -0.15) is 0 Å². The highest BCUT2D eigenvalue weighted by atomic mass is 16.5. The van der Waals surface area contributed by atoms with Crippen LogP contribution >= 0.6 is 0 Å². The van der Waals surface area contributed by atoms with E-state index in [2.05, 4.69) is 11.8 Å². The van der Waals surface area contributed by atoms with Crippen molar-refractivity contribution in [3.8, 4) is 0 Å². The van der Waals surface area contributed by atoms with Gasteiger partial charge in [0.15, 0.2) is 5.78 Å². The fourth-order valence-electron chi connectivity index (χ4n) is 3.20. The van der Waals surface area contributed by atoms with Gasteiger partial charge in [-0.3, -0.25) is 14.5 Å². The Kier molecular flexibility index (Phi) is 5.37. The van der Waals surface area contributed by atoms with Crippen LogP contribution in [0.1, 0.15) is 51.9 Å². The number of ketones is 1. The lowest BCUT2D eigenvalue weighted by atomic mass is 9.97. The number of ether oxygens (including phenoxy) is 1. The van der Waals surface area contributed by atoms with Gasteiger partial charge >= 0.3 is 5.97 Å². The number of rotatable bonds is 7. The van der Waals surface area contributed by atoms with Crippen LogP contribution in [0, 0.1) is 5.92 Å². The van der Waals surface area contributed by atoms with Crippen molar-refractivity contribution in [3.63, 3.8) is 0 Å². The Labute approximate surface area is 115 Å².